The van der Waals surface area contributed by atoms with Crippen molar-refractivity contribution in [2.45, 2.75) is 6.92 Å². The van der Waals surface area contributed by atoms with Gasteiger partial charge in [0.25, 0.3) is 11.8 Å². The highest BCUT2D eigenvalue weighted by atomic mass is 79.9. The minimum Gasteiger partial charge on any atom is -0.352 e. The molecule has 0 spiro atoms. The third-order valence-electron chi connectivity index (χ3n) is 3.07. The first-order chi connectivity index (χ1) is 11.5. The summed E-state index contributed by atoms with van der Waals surface area (Å²) in [5.74, 6) is -0.482. The summed E-state index contributed by atoms with van der Waals surface area (Å²) >= 11 is 8.48. The lowest BCUT2D eigenvalue weighted by Gasteiger charge is -2.11. The van der Waals surface area contributed by atoms with Gasteiger partial charge in [0.2, 0.25) is 0 Å². The standard InChI is InChI=1S/C17H16BrN3O2S/c1-2-19-15(22)11-6-5-7-12(10-11)20-17(24)21-16(23)13-8-3-4-9-14(13)18/h3-10H,2H2,1H3,(H,19,22)(H2,20,21,23,24). The number of carbonyl (C=O) groups excluding carboxylic acids is 2. The molecule has 0 fully saturated rings. The smallest absolute Gasteiger partial charge is 0.258 e. The second kappa shape index (κ2) is 8.56. The van der Waals surface area contributed by atoms with E-state index in [1.165, 1.54) is 0 Å². The number of thiocarbonyl (C=S) groups is 1. The molecule has 3 N–H and O–H groups in total. The average Bonchev–Trinajstić information content (AvgIpc) is 2.55. The van der Waals surface area contributed by atoms with Gasteiger partial charge in [0.15, 0.2) is 5.11 Å². The molecule has 124 valence electrons. The van der Waals surface area contributed by atoms with Gasteiger partial charge in [0.1, 0.15) is 0 Å². The second-order valence-corrected chi connectivity index (χ2v) is 6.09. The number of halogens is 1. The predicted octanol–water partition coefficient (Wildman–Crippen LogP) is 3.33. The molecule has 2 aromatic rings. The highest BCUT2D eigenvalue weighted by Crippen LogP contribution is 2.16. The third-order valence-corrected chi connectivity index (χ3v) is 3.96. The van der Waals surface area contributed by atoms with Crippen molar-refractivity contribution in [3.8, 4) is 0 Å². The number of benzene rings is 2. The summed E-state index contributed by atoms with van der Waals surface area (Å²) in [6, 6.07) is 13.9. The van der Waals surface area contributed by atoms with Crippen molar-refractivity contribution >= 4 is 50.8 Å². The molecule has 0 heterocycles. The van der Waals surface area contributed by atoms with Crippen LogP contribution in [0.2, 0.25) is 0 Å². The number of carbonyl (C=O) groups is 2. The minimum absolute atomic E-state index is 0.156. The zero-order valence-corrected chi connectivity index (χ0v) is 15.3. The molecule has 7 heteroatoms. The Morgan fingerprint density at radius 2 is 1.83 bits per heavy atom. The summed E-state index contributed by atoms with van der Waals surface area (Å²) in [4.78, 5) is 24.0. The summed E-state index contributed by atoms with van der Waals surface area (Å²) in [6.45, 7) is 2.41. The molecule has 0 aliphatic carbocycles. The summed E-state index contributed by atoms with van der Waals surface area (Å²) < 4.78 is 0.684. The molecule has 0 unspecified atom stereocenters. The van der Waals surface area contributed by atoms with Crippen molar-refractivity contribution in [3.05, 3.63) is 64.1 Å². The molecule has 0 atom stereocenters. The molecule has 0 saturated carbocycles. The van der Waals surface area contributed by atoms with Gasteiger partial charge < -0.3 is 10.6 Å². The number of nitrogens with one attached hydrogen (secondary N) is 3. The Labute approximate surface area is 154 Å². The molecule has 5 nitrogen and oxygen atoms in total. The van der Waals surface area contributed by atoms with Crippen LogP contribution in [0.15, 0.2) is 53.0 Å². The lowest BCUT2D eigenvalue weighted by Crippen LogP contribution is -2.34. The fourth-order valence-electron chi connectivity index (χ4n) is 1.98. The van der Waals surface area contributed by atoms with Crippen LogP contribution in [0, 0.1) is 0 Å². The summed E-state index contributed by atoms with van der Waals surface area (Å²) in [6.07, 6.45) is 0. The van der Waals surface area contributed by atoms with Gasteiger partial charge in [-0.2, -0.15) is 0 Å². The van der Waals surface area contributed by atoms with Crippen LogP contribution < -0.4 is 16.0 Å². The van der Waals surface area contributed by atoms with Gasteiger partial charge in [0.05, 0.1) is 5.56 Å². The Hall–Kier alpha value is -2.25. The van der Waals surface area contributed by atoms with E-state index in [4.69, 9.17) is 12.2 Å². The van der Waals surface area contributed by atoms with Gasteiger partial charge in [-0.3, -0.25) is 14.9 Å². The summed E-state index contributed by atoms with van der Waals surface area (Å²) in [5.41, 5.74) is 1.62. The first-order valence-electron chi connectivity index (χ1n) is 7.26. The summed E-state index contributed by atoms with van der Waals surface area (Å²) in [5, 5.41) is 8.40. The maximum absolute atomic E-state index is 12.2. The maximum Gasteiger partial charge on any atom is 0.258 e. The molecular weight excluding hydrogens is 390 g/mol. The van der Waals surface area contributed by atoms with Crippen LogP contribution in [0.4, 0.5) is 5.69 Å². The number of rotatable bonds is 4. The third kappa shape index (κ3) is 4.87. The monoisotopic (exact) mass is 405 g/mol. The topological polar surface area (TPSA) is 70.2 Å². The lowest BCUT2D eigenvalue weighted by molar-refractivity contribution is 0.0953. The van der Waals surface area contributed by atoms with Gasteiger partial charge in [-0.1, -0.05) is 18.2 Å². The van der Waals surface area contributed by atoms with Crippen LogP contribution in [0.1, 0.15) is 27.6 Å². The maximum atomic E-state index is 12.2. The number of hydrogen-bond donors (Lipinski definition) is 3. The minimum atomic E-state index is -0.320. The van der Waals surface area contributed by atoms with E-state index in [0.717, 1.165) is 0 Å². The van der Waals surface area contributed by atoms with E-state index < -0.39 is 0 Å². The molecule has 0 bridgehead atoms. The van der Waals surface area contributed by atoms with Crippen molar-refractivity contribution in [3.63, 3.8) is 0 Å². The molecule has 24 heavy (non-hydrogen) atoms. The Morgan fingerprint density at radius 1 is 1.08 bits per heavy atom. The molecular formula is C17H16BrN3O2S. The van der Waals surface area contributed by atoms with Crippen LogP contribution in [-0.2, 0) is 0 Å². The van der Waals surface area contributed by atoms with Crippen LogP contribution in [0.3, 0.4) is 0 Å². The van der Waals surface area contributed by atoms with Crippen LogP contribution in [-0.4, -0.2) is 23.5 Å². The van der Waals surface area contributed by atoms with Crippen LogP contribution in [0.5, 0.6) is 0 Å². The Bertz CT molecular complexity index is 780. The number of hydrogen-bond acceptors (Lipinski definition) is 3. The highest BCUT2D eigenvalue weighted by molar-refractivity contribution is 9.10. The summed E-state index contributed by atoms with van der Waals surface area (Å²) in [7, 11) is 0. The van der Waals surface area contributed by atoms with Crippen molar-refractivity contribution in [1.82, 2.24) is 10.6 Å². The largest absolute Gasteiger partial charge is 0.352 e. The van der Waals surface area contributed by atoms with E-state index in [2.05, 4.69) is 31.9 Å². The fourth-order valence-corrected chi connectivity index (χ4v) is 2.65. The van der Waals surface area contributed by atoms with Gasteiger partial charge in [-0.25, -0.2) is 0 Å². The molecule has 2 rings (SSSR count). The Morgan fingerprint density at radius 3 is 2.54 bits per heavy atom. The van der Waals surface area contributed by atoms with Crippen LogP contribution in [0.25, 0.3) is 0 Å². The second-order valence-electron chi connectivity index (χ2n) is 4.83. The van der Waals surface area contributed by atoms with E-state index in [9.17, 15) is 9.59 Å². The van der Waals surface area contributed by atoms with Crippen molar-refractivity contribution in [2.75, 3.05) is 11.9 Å². The molecule has 0 aliphatic rings. The number of amides is 2. The van der Waals surface area contributed by atoms with Gasteiger partial charge in [0, 0.05) is 22.3 Å². The van der Waals surface area contributed by atoms with E-state index in [1.54, 1.807) is 42.5 Å². The zero-order chi connectivity index (χ0) is 17.5. The van der Waals surface area contributed by atoms with Crippen LogP contribution >= 0.6 is 28.1 Å². The quantitative estimate of drug-likeness (QED) is 0.682. The van der Waals surface area contributed by atoms with E-state index in [-0.39, 0.29) is 16.9 Å². The zero-order valence-electron chi connectivity index (χ0n) is 12.9. The molecule has 0 aromatic heterocycles. The fraction of sp³-hybridized carbons (Fsp3) is 0.118. The molecule has 0 aliphatic heterocycles. The van der Waals surface area contributed by atoms with E-state index >= 15 is 0 Å². The average molecular weight is 406 g/mol. The molecule has 2 aromatic carbocycles. The Balaban J connectivity index is 2.02. The van der Waals surface area contributed by atoms with E-state index in [0.29, 0.717) is 27.8 Å². The normalized spacial score (nSPS) is 9.92. The van der Waals surface area contributed by atoms with Gasteiger partial charge in [-0.05, 0) is 65.4 Å². The van der Waals surface area contributed by atoms with Crippen molar-refractivity contribution in [2.24, 2.45) is 0 Å². The molecule has 2 amide bonds. The Kier molecular flexibility index (Phi) is 6.45. The first-order valence-corrected chi connectivity index (χ1v) is 8.46. The lowest BCUT2D eigenvalue weighted by atomic mass is 10.2. The first kappa shape index (κ1) is 18.1. The van der Waals surface area contributed by atoms with Crippen molar-refractivity contribution < 1.29 is 9.59 Å². The van der Waals surface area contributed by atoms with Gasteiger partial charge >= 0.3 is 0 Å². The van der Waals surface area contributed by atoms with Gasteiger partial charge in [-0.15, -0.1) is 0 Å². The molecule has 0 radical (unpaired) electrons. The highest BCUT2D eigenvalue weighted by Gasteiger charge is 2.11. The van der Waals surface area contributed by atoms with E-state index in [1.807, 2.05) is 13.0 Å². The molecule has 0 saturated heterocycles. The number of anilines is 1. The van der Waals surface area contributed by atoms with Crippen molar-refractivity contribution in [1.29, 1.82) is 0 Å². The predicted molar refractivity (Wildman–Crippen MR) is 102 cm³/mol. The SMILES string of the molecule is CCNC(=O)c1cccc(NC(=S)NC(=O)c2ccccc2Br)c1.